The molecule has 9 heteroatoms. The van der Waals surface area contributed by atoms with Gasteiger partial charge in [0.1, 0.15) is 6.10 Å². The Kier molecular flexibility index (Phi) is 6.77. The number of carbonyl (C=O) groups is 2. The van der Waals surface area contributed by atoms with Crippen LogP contribution in [-0.2, 0) is 15.6 Å². The van der Waals surface area contributed by atoms with Crippen LogP contribution in [0.15, 0.2) is 24.3 Å². The summed E-state index contributed by atoms with van der Waals surface area (Å²) in [5, 5.41) is 0. The van der Waals surface area contributed by atoms with Gasteiger partial charge in [-0.3, -0.25) is 9.52 Å². The van der Waals surface area contributed by atoms with E-state index in [2.05, 4.69) is 4.72 Å². The third-order valence-corrected chi connectivity index (χ3v) is 5.76. The van der Waals surface area contributed by atoms with E-state index in [1.54, 1.807) is 34.1 Å². The highest BCUT2D eigenvalue weighted by Crippen LogP contribution is 2.22. The summed E-state index contributed by atoms with van der Waals surface area (Å²) in [6, 6.07) is 6.18. The van der Waals surface area contributed by atoms with Crippen molar-refractivity contribution < 1.29 is 22.7 Å². The molecule has 0 bridgehead atoms. The maximum atomic E-state index is 12.8. The number of hydrogen-bond donors (Lipinski definition) is 2. The molecule has 1 N–H and O–H groups in total. The molecule has 2 fully saturated rings. The van der Waals surface area contributed by atoms with Crippen molar-refractivity contribution >= 4 is 28.6 Å². The van der Waals surface area contributed by atoms with E-state index in [0.29, 0.717) is 30.9 Å². The first-order valence-corrected chi connectivity index (χ1v) is 10.9. The van der Waals surface area contributed by atoms with Gasteiger partial charge in [0, 0.05) is 36.9 Å². The van der Waals surface area contributed by atoms with Gasteiger partial charge in [-0.25, -0.2) is 13.2 Å². The Morgan fingerprint density at radius 1 is 1.07 bits per heavy atom. The van der Waals surface area contributed by atoms with E-state index in [9.17, 15) is 18.0 Å². The summed E-state index contributed by atoms with van der Waals surface area (Å²) >= 11 is 0. The number of nitrogens with zero attached hydrogens (tertiary/aromatic N) is 2. The number of thiol groups is 1. The smallest absolute Gasteiger partial charge is 0.410 e. The zero-order valence-corrected chi connectivity index (χ0v) is 16.9. The molecule has 154 valence electrons. The van der Waals surface area contributed by atoms with E-state index in [-0.39, 0.29) is 24.1 Å². The van der Waals surface area contributed by atoms with Gasteiger partial charge in [0.2, 0.25) is 10.9 Å². The van der Waals surface area contributed by atoms with Crippen LogP contribution in [0.5, 0.6) is 0 Å². The topological polar surface area (TPSA) is 96.0 Å². The molecule has 1 aliphatic carbocycles. The highest BCUT2D eigenvalue weighted by atomic mass is 32.2. The molecule has 1 saturated carbocycles. The second kappa shape index (κ2) is 9.27. The highest BCUT2D eigenvalue weighted by Gasteiger charge is 2.32. The van der Waals surface area contributed by atoms with E-state index in [0.717, 1.165) is 25.7 Å². The molecule has 0 spiro atoms. The summed E-state index contributed by atoms with van der Waals surface area (Å²) < 4.78 is 29.3. The fraction of sp³-hybridized carbons (Fsp3) is 0.579. The molecular weight excluding hydrogens is 382 g/mol. The minimum Gasteiger partial charge on any atom is -0.446 e. The van der Waals surface area contributed by atoms with Crippen LogP contribution >= 0.6 is 0 Å². The normalized spacial score (nSPS) is 20.9. The lowest BCUT2D eigenvalue weighted by molar-refractivity contribution is 0.0203. The molecule has 2 amide bonds. The maximum absolute atomic E-state index is 12.8. The summed E-state index contributed by atoms with van der Waals surface area (Å²) in [4.78, 5) is 28.6. The van der Waals surface area contributed by atoms with Gasteiger partial charge in [-0.1, -0.05) is 6.42 Å². The fourth-order valence-electron chi connectivity index (χ4n) is 3.78. The van der Waals surface area contributed by atoms with Crippen LogP contribution in [0.2, 0.25) is 0 Å². The van der Waals surface area contributed by atoms with Gasteiger partial charge in [-0.15, -0.1) is 0 Å². The highest BCUT2D eigenvalue weighted by molar-refractivity contribution is 7.73. The number of carbonyl (C=O) groups excluding carboxylic acids is 2. The predicted octanol–water partition coefficient (Wildman–Crippen LogP) is 2.24. The lowest BCUT2D eigenvalue weighted by atomic mass is 9.98. The monoisotopic (exact) mass is 409 g/mol. The Bertz CT molecular complexity index is 766. The lowest BCUT2D eigenvalue weighted by Gasteiger charge is -2.40. The molecule has 28 heavy (non-hydrogen) atoms. The molecule has 1 aromatic carbocycles. The lowest BCUT2D eigenvalue weighted by Crippen LogP contribution is -2.55. The summed E-state index contributed by atoms with van der Waals surface area (Å²) in [5.74, 6) is -0.133. The van der Waals surface area contributed by atoms with Crippen molar-refractivity contribution in [1.29, 1.82) is 0 Å². The predicted molar refractivity (Wildman–Crippen MR) is 106 cm³/mol. The average Bonchev–Trinajstić information content (AvgIpc) is 2.68. The molecule has 2 aliphatic rings. The molecule has 3 rings (SSSR count). The van der Waals surface area contributed by atoms with Crippen molar-refractivity contribution in [1.82, 2.24) is 9.80 Å². The first-order valence-electron chi connectivity index (χ1n) is 9.71. The van der Waals surface area contributed by atoms with Crippen LogP contribution in [0.25, 0.3) is 0 Å². The third-order valence-electron chi connectivity index (χ3n) is 5.32. The fourth-order valence-corrected chi connectivity index (χ4v) is 4.14. The number of amides is 2. The summed E-state index contributed by atoms with van der Waals surface area (Å²) in [6.07, 6.45) is 5.03. The molecule has 1 heterocycles. The van der Waals surface area contributed by atoms with Crippen molar-refractivity contribution in [2.45, 2.75) is 51.2 Å². The van der Waals surface area contributed by atoms with Gasteiger partial charge in [-0.2, -0.15) is 0 Å². The molecular formula is C19H27N3O5S. The molecule has 1 aliphatic heterocycles. The van der Waals surface area contributed by atoms with Gasteiger partial charge in [-0.05, 0) is 56.9 Å². The summed E-state index contributed by atoms with van der Waals surface area (Å²) in [5.41, 5.74) is 0.896. The van der Waals surface area contributed by atoms with Crippen molar-refractivity contribution in [3.63, 3.8) is 0 Å². The van der Waals surface area contributed by atoms with Crippen LogP contribution in [0.1, 0.15) is 49.4 Å². The number of anilines is 1. The van der Waals surface area contributed by atoms with Gasteiger partial charge in [0.15, 0.2) is 0 Å². The minimum absolute atomic E-state index is 0.0209. The third kappa shape index (κ3) is 5.15. The van der Waals surface area contributed by atoms with Gasteiger partial charge in [0.05, 0.1) is 0 Å². The molecule has 0 aromatic heterocycles. The Labute approximate surface area is 166 Å². The molecule has 8 nitrogen and oxygen atoms in total. The number of hydrogen-bond acceptors (Lipinski definition) is 5. The van der Waals surface area contributed by atoms with Crippen LogP contribution < -0.4 is 4.72 Å². The average molecular weight is 410 g/mol. The Morgan fingerprint density at radius 2 is 1.75 bits per heavy atom. The Hall–Kier alpha value is -2.29. The number of piperazine rings is 1. The molecule has 0 radical (unpaired) electrons. The van der Waals surface area contributed by atoms with Crippen molar-refractivity contribution in [3.05, 3.63) is 29.8 Å². The molecule has 1 aromatic rings. The zero-order chi connectivity index (χ0) is 20.1. The minimum atomic E-state index is -2.73. The number of nitrogens with one attached hydrogen (secondary N) is 1. The standard InChI is InChI=1S/C19H27N3O5S/c1-14-13-21(19(24)27-17-5-3-2-4-6-17)11-12-22(14)18(23)15-7-9-16(10-8-15)20-28(25)26/h7-10,14,17,28H,2-6,11-13H2,1H3,(H,20,25,26)/t14-/m1/s1. The zero-order valence-electron chi connectivity index (χ0n) is 16.0. The van der Waals surface area contributed by atoms with Crippen LogP contribution in [0.4, 0.5) is 10.5 Å². The van der Waals surface area contributed by atoms with E-state index < -0.39 is 10.9 Å². The van der Waals surface area contributed by atoms with Gasteiger partial charge in [0.25, 0.3) is 5.91 Å². The SMILES string of the molecule is C[C@@H]1CN(C(=O)OC2CCCCC2)CCN1C(=O)c1ccc(N[SH](=O)=O)cc1. The molecule has 1 atom stereocenters. The second-order valence-electron chi connectivity index (χ2n) is 7.38. The first kappa shape index (κ1) is 20.4. The van der Waals surface area contributed by atoms with E-state index in [1.807, 2.05) is 6.92 Å². The summed E-state index contributed by atoms with van der Waals surface area (Å²) in [6.45, 7) is 3.23. The van der Waals surface area contributed by atoms with Crippen molar-refractivity contribution in [3.8, 4) is 0 Å². The Balaban J connectivity index is 1.55. The van der Waals surface area contributed by atoms with Crippen molar-refractivity contribution in [2.24, 2.45) is 0 Å². The van der Waals surface area contributed by atoms with E-state index in [4.69, 9.17) is 4.74 Å². The van der Waals surface area contributed by atoms with Crippen LogP contribution in [0, 0.1) is 0 Å². The van der Waals surface area contributed by atoms with E-state index >= 15 is 0 Å². The van der Waals surface area contributed by atoms with Crippen LogP contribution in [0.3, 0.4) is 0 Å². The second-order valence-corrected chi connectivity index (χ2v) is 8.12. The molecule has 0 unspecified atom stereocenters. The largest absolute Gasteiger partial charge is 0.446 e. The molecule has 1 saturated heterocycles. The number of ether oxygens (including phenoxy) is 1. The number of rotatable bonds is 4. The maximum Gasteiger partial charge on any atom is 0.410 e. The van der Waals surface area contributed by atoms with Gasteiger partial charge >= 0.3 is 6.09 Å². The van der Waals surface area contributed by atoms with Gasteiger partial charge < -0.3 is 14.5 Å². The van der Waals surface area contributed by atoms with E-state index in [1.165, 1.54) is 6.42 Å². The van der Waals surface area contributed by atoms with Crippen LogP contribution in [-0.4, -0.2) is 62.0 Å². The first-order chi connectivity index (χ1) is 13.4. The Morgan fingerprint density at radius 3 is 2.36 bits per heavy atom. The summed E-state index contributed by atoms with van der Waals surface area (Å²) in [7, 11) is -2.73. The van der Waals surface area contributed by atoms with Crippen molar-refractivity contribution in [2.75, 3.05) is 24.4 Å². The quantitative estimate of drug-likeness (QED) is 0.744. The number of benzene rings is 1.